The lowest BCUT2D eigenvalue weighted by atomic mass is 10.2. The highest BCUT2D eigenvalue weighted by atomic mass is 16.7. The van der Waals surface area contributed by atoms with Crippen molar-refractivity contribution in [3.8, 4) is 17.2 Å². The summed E-state index contributed by atoms with van der Waals surface area (Å²) in [5.74, 6) is 0.668. The maximum atomic E-state index is 12.3. The molecule has 1 N–H and O–H groups in total. The lowest BCUT2D eigenvalue weighted by Crippen LogP contribution is -2.34. The van der Waals surface area contributed by atoms with Crippen LogP contribution in [0.25, 0.3) is 0 Å². The van der Waals surface area contributed by atoms with E-state index >= 15 is 0 Å². The first-order valence-electron chi connectivity index (χ1n) is 10.8. The molecular formula is C25H23NO7. The zero-order chi connectivity index (χ0) is 22.7. The number of furan rings is 1. The van der Waals surface area contributed by atoms with Crippen LogP contribution in [0.15, 0.2) is 65.1 Å². The zero-order valence-electron chi connectivity index (χ0n) is 17.9. The lowest BCUT2D eigenvalue weighted by Gasteiger charge is -2.21. The number of esters is 1. The molecule has 2 aromatic carbocycles. The number of carbonyl (C=O) groups excluding carboxylic acids is 2. The van der Waals surface area contributed by atoms with Crippen LogP contribution < -0.4 is 19.5 Å². The molecule has 0 atom stereocenters. The molecule has 170 valence electrons. The minimum Gasteiger partial charge on any atom is -0.486 e. The number of amides is 1. The van der Waals surface area contributed by atoms with E-state index in [0.717, 1.165) is 25.7 Å². The average Bonchev–Trinajstić information content (AvgIpc) is 3.56. The second-order valence-electron chi connectivity index (χ2n) is 7.98. The van der Waals surface area contributed by atoms with Crippen LogP contribution in [0, 0.1) is 0 Å². The number of carbonyl (C=O) groups is 2. The number of rotatable bonds is 7. The van der Waals surface area contributed by atoms with Crippen LogP contribution in [0.4, 0.5) is 5.69 Å². The molecule has 0 bridgehead atoms. The molecule has 2 heterocycles. The lowest BCUT2D eigenvalue weighted by molar-refractivity contribution is -0.119. The summed E-state index contributed by atoms with van der Waals surface area (Å²) < 4.78 is 28.1. The van der Waals surface area contributed by atoms with Gasteiger partial charge in [0.2, 0.25) is 5.76 Å². The number of hydrogen-bond donors (Lipinski definition) is 1. The third-order valence-electron chi connectivity index (χ3n) is 5.51. The van der Waals surface area contributed by atoms with Crippen molar-refractivity contribution in [1.82, 2.24) is 0 Å². The van der Waals surface area contributed by atoms with Gasteiger partial charge in [-0.3, -0.25) is 4.79 Å². The van der Waals surface area contributed by atoms with Crippen LogP contribution >= 0.6 is 0 Å². The number of benzene rings is 2. The van der Waals surface area contributed by atoms with Crippen LogP contribution in [0.1, 0.15) is 42.0 Å². The van der Waals surface area contributed by atoms with Crippen LogP contribution in [0.3, 0.4) is 0 Å². The fourth-order valence-electron chi connectivity index (χ4n) is 3.92. The van der Waals surface area contributed by atoms with E-state index in [9.17, 15) is 9.59 Å². The third-order valence-corrected chi connectivity index (χ3v) is 5.51. The van der Waals surface area contributed by atoms with E-state index in [-0.39, 0.29) is 12.4 Å². The maximum absolute atomic E-state index is 12.3. The molecule has 0 saturated heterocycles. The van der Waals surface area contributed by atoms with Crippen molar-refractivity contribution in [2.45, 2.75) is 38.1 Å². The van der Waals surface area contributed by atoms with Crippen molar-refractivity contribution >= 4 is 17.6 Å². The van der Waals surface area contributed by atoms with Crippen LogP contribution in [0.2, 0.25) is 0 Å². The van der Waals surface area contributed by atoms with Crippen LogP contribution in [0.5, 0.6) is 17.2 Å². The summed E-state index contributed by atoms with van der Waals surface area (Å²) in [6.45, 7) is -0.281. The van der Waals surface area contributed by atoms with Gasteiger partial charge in [0, 0.05) is 24.6 Å². The van der Waals surface area contributed by atoms with Crippen molar-refractivity contribution in [2.24, 2.45) is 0 Å². The van der Waals surface area contributed by atoms with Gasteiger partial charge in [0.25, 0.3) is 11.7 Å². The first kappa shape index (κ1) is 20.9. The summed E-state index contributed by atoms with van der Waals surface area (Å²) >= 11 is 0. The highest BCUT2D eigenvalue weighted by Crippen LogP contribution is 2.47. The molecule has 0 unspecified atom stereocenters. The van der Waals surface area contributed by atoms with Crippen LogP contribution in [-0.2, 0) is 16.1 Å². The maximum Gasteiger partial charge on any atom is 0.374 e. The Bertz CT molecular complexity index is 1150. The number of ether oxygens (including phenoxy) is 4. The number of hydrogen-bond acceptors (Lipinski definition) is 7. The van der Waals surface area contributed by atoms with E-state index < -0.39 is 24.3 Å². The summed E-state index contributed by atoms with van der Waals surface area (Å²) in [5.41, 5.74) is 0.534. The number of fused-ring (bicyclic) bond motifs is 1. The molecular weight excluding hydrogens is 426 g/mol. The molecule has 1 aliphatic heterocycles. The highest BCUT2D eigenvalue weighted by Gasteiger charge is 2.44. The SMILES string of the molecule is O=C(COC(=O)c1ccc(COc2ccccc2)o1)Nc1ccc2c(c1)OC1(CCCC1)O2. The Morgan fingerprint density at radius 2 is 1.73 bits per heavy atom. The van der Waals surface area contributed by atoms with Gasteiger partial charge >= 0.3 is 5.97 Å². The molecule has 1 amide bonds. The van der Waals surface area contributed by atoms with Crippen LogP contribution in [-0.4, -0.2) is 24.3 Å². The Morgan fingerprint density at radius 3 is 2.55 bits per heavy atom. The van der Waals surface area contributed by atoms with E-state index in [1.165, 1.54) is 6.07 Å². The third kappa shape index (κ3) is 4.79. The molecule has 1 fully saturated rings. The van der Waals surface area contributed by atoms with Crippen molar-refractivity contribution in [3.63, 3.8) is 0 Å². The van der Waals surface area contributed by atoms with Gasteiger partial charge in [0.1, 0.15) is 18.1 Å². The first-order valence-corrected chi connectivity index (χ1v) is 10.8. The molecule has 1 aliphatic carbocycles. The van der Waals surface area contributed by atoms with E-state index in [0.29, 0.717) is 28.7 Å². The summed E-state index contributed by atoms with van der Waals surface area (Å²) in [6.07, 6.45) is 3.85. The number of nitrogens with one attached hydrogen (secondary N) is 1. The monoisotopic (exact) mass is 449 g/mol. The molecule has 0 radical (unpaired) electrons. The molecule has 8 nitrogen and oxygen atoms in total. The van der Waals surface area contributed by atoms with Crippen molar-refractivity contribution in [1.29, 1.82) is 0 Å². The molecule has 8 heteroatoms. The Labute approximate surface area is 190 Å². The topological polar surface area (TPSA) is 96.2 Å². The molecule has 33 heavy (non-hydrogen) atoms. The van der Waals surface area contributed by atoms with E-state index in [1.54, 1.807) is 24.3 Å². The zero-order valence-corrected chi connectivity index (χ0v) is 17.9. The highest BCUT2D eigenvalue weighted by molar-refractivity contribution is 5.94. The number of para-hydroxylation sites is 1. The fraction of sp³-hybridized carbons (Fsp3) is 0.280. The predicted octanol–water partition coefficient (Wildman–Crippen LogP) is 4.70. The van der Waals surface area contributed by atoms with Gasteiger partial charge in [-0.1, -0.05) is 18.2 Å². The second-order valence-corrected chi connectivity index (χ2v) is 7.98. The fourth-order valence-corrected chi connectivity index (χ4v) is 3.92. The van der Waals surface area contributed by atoms with Gasteiger partial charge in [-0.05, 0) is 49.2 Å². The minimum absolute atomic E-state index is 0.000553. The van der Waals surface area contributed by atoms with E-state index in [1.807, 2.05) is 30.3 Å². The van der Waals surface area contributed by atoms with E-state index in [4.69, 9.17) is 23.4 Å². The smallest absolute Gasteiger partial charge is 0.374 e. The minimum atomic E-state index is -0.732. The van der Waals surface area contributed by atoms with Gasteiger partial charge in [0.15, 0.2) is 18.1 Å². The molecule has 3 aromatic rings. The van der Waals surface area contributed by atoms with Gasteiger partial charge in [-0.25, -0.2) is 4.79 Å². The molecule has 5 rings (SSSR count). The standard InChI is InChI=1S/C25H23NO7/c27-23(26-17-8-10-20-22(14-17)33-25(32-20)12-4-5-13-25)16-30-24(28)21-11-9-19(31-21)15-29-18-6-2-1-3-7-18/h1-3,6-11,14H,4-5,12-13,15-16H2,(H,26,27). The van der Waals surface area contributed by atoms with Crippen molar-refractivity contribution in [2.75, 3.05) is 11.9 Å². The van der Waals surface area contributed by atoms with Gasteiger partial charge in [-0.15, -0.1) is 0 Å². The van der Waals surface area contributed by atoms with Gasteiger partial charge < -0.3 is 28.7 Å². The normalized spacial score (nSPS) is 15.4. The summed E-state index contributed by atoms with van der Waals surface area (Å²) in [6, 6.07) is 17.6. The Morgan fingerprint density at radius 1 is 0.939 bits per heavy atom. The summed E-state index contributed by atoms with van der Waals surface area (Å²) in [4.78, 5) is 24.5. The molecule has 2 aliphatic rings. The first-order chi connectivity index (χ1) is 16.1. The predicted molar refractivity (Wildman–Crippen MR) is 117 cm³/mol. The molecule has 1 saturated carbocycles. The van der Waals surface area contributed by atoms with Gasteiger partial charge in [-0.2, -0.15) is 0 Å². The Hall–Kier alpha value is -3.94. The van der Waals surface area contributed by atoms with Gasteiger partial charge in [0.05, 0.1) is 0 Å². The quantitative estimate of drug-likeness (QED) is 0.523. The molecule has 1 aromatic heterocycles. The second kappa shape index (κ2) is 8.90. The summed E-state index contributed by atoms with van der Waals surface area (Å²) in [7, 11) is 0. The van der Waals surface area contributed by atoms with Crippen molar-refractivity contribution in [3.05, 3.63) is 72.2 Å². The largest absolute Gasteiger partial charge is 0.486 e. The average molecular weight is 449 g/mol. The Kier molecular flexibility index (Phi) is 5.64. The van der Waals surface area contributed by atoms with E-state index in [2.05, 4.69) is 5.32 Å². The summed E-state index contributed by atoms with van der Waals surface area (Å²) in [5, 5.41) is 2.70. The van der Waals surface area contributed by atoms with Crippen molar-refractivity contribution < 1.29 is 33.0 Å². The Balaban J connectivity index is 1.10. The molecule has 1 spiro atoms. The number of anilines is 1.